The van der Waals surface area contributed by atoms with Crippen LogP contribution < -0.4 is 0 Å². The lowest BCUT2D eigenvalue weighted by Gasteiger charge is -2.49. The fourth-order valence-electron chi connectivity index (χ4n) is 11.4. The van der Waals surface area contributed by atoms with Crippen molar-refractivity contribution < 1.29 is 91.2 Å². The highest BCUT2D eigenvalue weighted by atomic mass is 19.4. The Balaban J connectivity index is 0.000000236. The van der Waals surface area contributed by atoms with Gasteiger partial charge in [0.25, 0.3) is 0 Å². The van der Waals surface area contributed by atoms with Crippen LogP contribution in [0.3, 0.4) is 0 Å². The fourth-order valence-corrected chi connectivity index (χ4v) is 11.4. The number of carbonyl (C=O) groups excluding carboxylic acids is 3. The van der Waals surface area contributed by atoms with Crippen molar-refractivity contribution in [3.8, 4) is 0 Å². The van der Waals surface area contributed by atoms with E-state index in [1.807, 2.05) is 42.5 Å². The van der Waals surface area contributed by atoms with E-state index in [0.29, 0.717) is 62.8 Å². The topological polar surface area (TPSA) is 147 Å². The van der Waals surface area contributed by atoms with Crippen LogP contribution in [0.5, 0.6) is 0 Å². The maximum atomic E-state index is 13.4. The molecule has 2 heterocycles. The van der Waals surface area contributed by atoms with Gasteiger partial charge in [-0.1, -0.05) is 60.7 Å². The second kappa shape index (κ2) is 24.6. The zero-order valence-corrected chi connectivity index (χ0v) is 44.8. The van der Waals surface area contributed by atoms with Crippen LogP contribution in [0.2, 0.25) is 0 Å². The Morgan fingerprint density at radius 3 is 1.15 bits per heavy atom. The number of carboxylic acids is 1. The number of hydrogen-bond acceptors (Lipinski definition) is 9. The number of alkyl halides is 12. The normalized spacial score (nSPS) is 24.0. The van der Waals surface area contributed by atoms with E-state index in [4.69, 9.17) is 14.2 Å². The average Bonchev–Trinajstić information content (AvgIpc) is 4.19. The minimum atomic E-state index is -4.98. The highest BCUT2D eigenvalue weighted by molar-refractivity contribution is 5.96. The van der Waals surface area contributed by atoms with Crippen molar-refractivity contribution in [2.24, 2.45) is 9.98 Å². The van der Waals surface area contributed by atoms with Crippen molar-refractivity contribution in [1.29, 1.82) is 0 Å². The standard InChI is InChI=1S/C30H32F6N2O4.C28H28F6N2O4/c1-3-41-26(40)16-28(38-19-37-17-25(38)39)11-9-27(10-12-28,22-7-5-4-6-8-22)18-42-20(2)21-13-23(29(31,32)33)15-24(14-21)30(34,35)36;1-18(19-11-21(27(29,30)31)13-22(12-19)28(32,33)34)40-16-25(20-5-3-2-4-6-20)7-9-26(10-8-25,14-24(38)39)36-17-35-15-23(36)37/h4-8,13-15,19-20H,3,9-12,16-18H2,1-2H3;2-6,11-13,17-18H,7-10,14-16H2,1H3,(H,38,39)/t20-,27?,28?;18-,25?,26?/m11/s1. The van der Waals surface area contributed by atoms with Crippen molar-refractivity contribution >= 4 is 36.4 Å². The summed E-state index contributed by atoms with van der Waals surface area (Å²) >= 11 is 0. The first-order valence-electron chi connectivity index (χ1n) is 26.3. The Morgan fingerprint density at radius 1 is 0.537 bits per heavy atom. The number of halogens is 12. The molecule has 12 nitrogen and oxygen atoms in total. The summed E-state index contributed by atoms with van der Waals surface area (Å²) in [6.07, 6.45) is -16.7. The summed E-state index contributed by atoms with van der Waals surface area (Å²) in [6.45, 7) is 4.55. The summed E-state index contributed by atoms with van der Waals surface area (Å²) in [4.78, 5) is 60.5. The van der Waals surface area contributed by atoms with Crippen LogP contribution in [0, 0.1) is 0 Å². The van der Waals surface area contributed by atoms with Crippen LogP contribution in [0.4, 0.5) is 52.7 Å². The van der Waals surface area contributed by atoms with E-state index in [9.17, 15) is 77.0 Å². The molecule has 444 valence electrons. The molecule has 2 atom stereocenters. The first-order valence-corrected chi connectivity index (χ1v) is 26.3. The number of carbonyl (C=O) groups is 4. The largest absolute Gasteiger partial charge is 0.481 e. The van der Waals surface area contributed by atoms with E-state index in [1.54, 1.807) is 25.1 Å². The third-order valence-corrected chi connectivity index (χ3v) is 16.1. The Hall–Kier alpha value is -6.82. The molecule has 0 bridgehead atoms. The molecular weight excluding hydrogens is 1110 g/mol. The van der Waals surface area contributed by atoms with Crippen molar-refractivity contribution in [2.75, 3.05) is 32.9 Å². The molecule has 2 aliphatic heterocycles. The van der Waals surface area contributed by atoms with Gasteiger partial charge in [-0.3, -0.25) is 39.0 Å². The summed E-state index contributed by atoms with van der Waals surface area (Å²) in [6, 6.07) is 21.2. The van der Waals surface area contributed by atoms with Crippen LogP contribution in [-0.2, 0) is 68.9 Å². The van der Waals surface area contributed by atoms with E-state index < -0.39 is 93.0 Å². The SMILES string of the molecule is CCOC(=O)CC1(N2C=NCC2=O)CCC(CO[C@H](C)c2cc(C(F)(F)F)cc(C(F)(F)F)c2)(c2ccccc2)CC1.C[C@@H](OCC1(c2ccccc2)CCC(CC(=O)O)(N2C=NCC2=O)CC1)c1cc(C(F)(F)F)cc(C(F)(F)F)c1. The monoisotopic (exact) mass is 1170 g/mol. The molecular formula is C58H60F12N4O8. The van der Waals surface area contributed by atoms with E-state index in [2.05, 4.69) is 9.98 Å². The molecule has 0 saturated heterocycles. The Labute approximate surface area is 464 Å². The molecule has 82 heavy (non-hydrogen) atoms. The predicted molar refractivity (Wildman–Crippen MR) is 274 cm³/mol. The van der Waals surface area contributed by atoms with Crippen molar-refractivity contribution in [3.05, 3.63) is 142 Å². The number of nitrogens with zero attached hydrogens (tertiary/aromatic N) is 4. The number of carboxylic acid groups (broad SMARTS) is 1. The first kappa shape index (κ1) is 62.8. The van der Waals surface area contributed by atoms with Gasteiger partial charge in [0.1, 0.15) is 13.1 Å². The van der Waals surface area contributed by atoms with Gasteiger partial charge in [-0.15, -0.1) is 0 Å². The van der Waals surface area contributed by atoms with Gasteiger partial charge in [-0.05, 0) is 131 Å². The Morgan fingerprint density at radius 2 is 0.866 bits per heavy atom. The molecule has 0 unspecified atom stereocenters. The number of benzene rings is 4. The fraction of sp³-hybridized carbons (Fsp3) is 0.483. The van der Waals surface area contributed by atoms with Crippen LogP contribution in [-0.4, -0.2) is 95.3 Å². The molecule has 2 saturated carbocycles. The molecule has 8 rings (SSSR count). The molecule has 0 aromatic heterocycles. The predicted octanol–water partition coefficient (Wildman–Crippen LogP) is 13.3. The average molecular weight is 1170 g/mol. The minimum absolute atomic E-state index is 0.00665. The third kappa shape index (κ3) is 14.5. The number of aliphatic carboxylic acids is 1. The molecule has 2 fully saturated rings. The number of rotatable bonds is 17. The van der Waals surface area contributed by atoms with E-state index in [0.717, 1.165) is 11.1 Å². The summed E-state index contributed by atoms with van der Waals surface area (Å²) < 4.78 is 178. The van der Waals surface area contributed by atoms with Gasteiger partial charge in [0.15, 0.2) is 0 Å². The highest BCUT2D eigenvalue weighted by Crippen LogP contribution is 2.50. The van der Waals surface area contributed by atoms with E-state index >= 15 is 0 Å². The number of hydrogen-bond donors (Lipinski definition) is 1. The summed E-state index contributed by atoms with van der Waals surface area (Å²) in [5.41, 5.74) is -7.71. The molecule has 2 amide bonds. The summed E-state index contributed by atoms with van der Waals surface area (Å²) in [7, 11) is 0. The number of amides is 2. The lowest BCUT2D eigenvalue weighted by atomic mass is 9.63. The van der Waals surface area contributed by atoms with Crippen molar-refractivity contribution in [3.63, 3.8) is 0 Å². The van der Waals surface area contributed by atoms with Crippen molar-refractivity contribution in [1.82, 2.24) is 9.80 Å². The minimum Gasteiger partial charge on any atom is -0.481 e. The number of ether oxygens (including phenoxy) is 3. The van der Waals surface area contributed by atoms with Crippen LogP contribution >= 0.6 is 0 Å². The molecule has 0 radical (unpaired) electrons. The van der Waals surface area contributed by atoms with Gasteiger partial charge in [0.2, 0.25) is 11.8 Å². The van der Waals surface area contributed by atoms with Gasteiger partial charge in [0, 0.05) is 10.8 Å². The maximum absolute atomic E-state index is 13.4. The second-order valence-electron chi connectivity index (χ2n) is 21.3. The van der Waals surface area contributed by atoms with Crippen LogP contribution in [0.1, 0.15) is 142 Å². The van der Waals surface area contributed by atoms with Gasteiger partial charge in [-0.25, -0.2) is 0 Å². The van der Waals surface area contributed by atoms with Gasteiger partial charge >= 0.3 is 36.6 Å². The molecule has 4 aliphatic rings. The molecule has 0 spiro atoms. The molecule has 4 aromatic carbocycles. The van der Waals surface area contributed by atoms with Crippen LogP contribution in [0.15, 0.2) is 107 Å². The Bertz CT molecular complexity index is 2900. The lowest BCUT2D eigenvalue weighted by Crippen LogP contribution is -2.56. The smallest absolute Gasteiger partial charge is 0.416 e. The van der Waals surface area contributed by atoms with Gasteiger partial charge in [-0.2, -0.15) is 52.7 Å². The first-order chi connectivity index (χ1) is 38.3. The van der Waals surface area contributed by atoms with Gasteiger partial charge < -0.3 is 19.3 Å². The third-order valence-electron chi connectivity index (χ3n) is 16.1. The molecule has 4 aromatic rings. The molecule has 2 aliphatic carbocycles. The Kier molecular flexibility index (Phi) is 18.8. The zero-order valence-electron chi connectivity index (χ0n) is 44.8. The summed E-state index contributed by atoms with van der Waals surface area (Å²) in [5, 5.41) is 9.62. The lowest BCUT2D eigenvalue weighted by molar-refractivity contribution is -0.149. The summed E-state index contributed by atoms with van der Waals surface area (Å²) in [5.74, 6) is -2.06. The zero-order chi connectivity index (χ0) is 60.1. The molecule has 24 heteroatoms. The second-order valence-corrected chi connectivity index (χ2v) is 21.3. The number of esters is 1. The maximum Gasteiger partial charge on any atom is 0.416 e. The van der Waals surface area contributed by atoms with E-state index in [1.165, 1.54) is 36.3 Å². The number of aliphatic imine (C=N–C) groups is 2. The van der Waals surface area contributed by atoms with E-state index in [-0.39, 0.29) is 93.7 Å². The quantitative estimate of drug-likeness (QED) is 0.0812. The van der Waals surface area contributed by atoms with Gasteiger partial charge in [0.05, 0.1) is 90.9 Å². The van der Waals surface area contributed by atoms with Crippen molar-refractivity contribution in [2.45, 2.75) is 144 Å². The van der Waals surface area contributed by atoms with Crippen LogP contribution in [0.25, 0.3) is 0 Å². The highest BCUT2D eigenvalue weighted by Gasteiger charge is 2.52. The molecule has 1 N–H and O–H groups in total.